The van der Waals surface area contributed by atoms with Crippen molar-refractivity contribution >= 4 is 45.8 Å². The Morgan fingerprint density at radius 3 is 2.71 bits per heavy atom. The van der Waals surface area contributed by atoms with E-state index >= 15 is 0 Å². The Bertz CT molecular complexity index is 761. The summed E-state index contributed by atoms with van der Waals surface area (Å²) in [6.45, 7) is 0.377. The summed E-state index contributed by atoms with van der Waals surface area (Å²) in [6.07, 6.45) is 0.216. The molecule has 1 aliphatic rings. The topological polar surface area (TPSA) is 58.6 Å². The van der Waals surface area contributed by atoms with Gasteiger partial charge in [0.1, 0.15) is 5.75 Å². The molecule has 1 aliphatic heterocycles. The van der Waals surface area contributed by atoms with E-state index in [0.717, 1.165) is 14.9 Å². The van der Waals surface area contributed by atoms with E-state index in [2.05, 4.69) is 27.9 Å². The minimum Gasteiger partial charge on any atom is -0.497 e. The Hall–Kier alpha value is -2.09. The molecule has 2 amide bonds. The summed E-state index contributed by atoms with van der Waals surface area (Å²) in [5.41, 5.74) is 1.50. The van der Waals surface area contributed by atoms with Crippen LogP contribution in [0.15, 0.2) is 48.5 Å². The molecule has 5 nitrogen and oxygen atoms in total. The highest BCUT2D eigenvalue weighted by Crippen LogP contribution is 2.28. The molecule has 0 bridgehead atoms. The number of benzene rings is 2. The second kappa shape index (κ2) is 7.21. The smallest absolute Gasteiger partial charge is 0.229 e. The molecule has 1 saturated heterocycles. The number of amides is 2. The number of nitrogens with one attached hydrogen (secondary N) is 1. The summed E-state index contributed by atoms with van der Waals surface area (Å²) in [5.74, 6) is 0.149. The van der Waals surface area contributed by atoms with Crippen molar-refractivity contribution in [1.82, 2.24) is 0 Å². The number of hydrogen-bond donors (Lipinski definition) is 1. The van der Waals surface area contributed by atoms with Gasteiger partial charge in [-0.2, -0.15) is 0 Å². The van der Waals surface area contributed by atoms with Gasteiger partial charge >= 0.3 is 0 Å². The van der Waals surface area contributed by atoms with Crippen LogP contribution >= 0.6 is 22.6 Å². The first-order valence-electron chi connectivity index (χ1n) is 7.57. The van der Waals surface area contributed by atoms with Crippen LogP contribution in [0.2, 0.25) is 0 Å². The quantitative estimate of drug-likeness (QED) is 0.749. The number of methoxy groups -OCH3 is 1. The molecule has 1 fully saturated rings. The molecule has 1 N–H and O–H groups in total. The number of ether oxygens (including phenoxy) is 1. The van der Waals surface area contributed by atoms with Gasteiger partial charge in [-0.1, -0.05) is 6.07 Å². The summed E-state index contributed by atoms with van der Waals surface area (Å²) < 4.78 is 6.30. The van der Waals surface area contributed by atoms with Crippen LogP contribution in [-0.2, 0) is 9.59 Å². The fraction of sp³-hybridized carbons (Fsp3) is 0.222. The Balaban J connectivity index is 1.69. The lowest BCUT2D eigenvalue weighted by molar-refractivity contribution is -0.122. The predicted octanol–water partition coefficient (Wildman–Crippen LogP) is 3.29. The fourth-order valence-electron chi connectivity index (χ4n) is 2.69. The van der Waals surface area contributed by atoms with Crippen LogP contribution in [0.25, 0.3) is 0 Å². The lowest BCUT2D eigenvalue weighted by Gasteiger charge is -2.17. The SMILES string of the molecule is COc1cccc(N2CC(C(=O)Nc3ccc(I)cc3)CC2=O)c1. The van der Waals surface area contributed by atoms with Gasteiger partial charge in [-0.05, 0) is 59.0 Å². The van der Waals surface area contributed by atoms with Crippen molar-refractivity contribution < 1.29 is 14.3 Å². The second-order valence-corrected chi connectivity index (χ2v) is 6.85. The minimum atomic E-state index is -0.358. The number of rotatable bonds is 4. The van der Waals surface area contributed by atoms with Crippen LogP contribution in [0, 0.1) is 9.49 Å². The van der Waals surface area contributed by atoms with Gasteiger partial charge in [0.15, 0.2) is 0 Å². The molecule has 3 rings (SSSR count). The summed E-state index contributed by atoms with van der Waals surface area (Å²) in [7, 11) is 1.59. The molecule has 0 radical (unpaired) electrons. The molecule has 0 aromatic heterocycles. The van der Waals surface area contributed by atoms with Crippen molar-refractivity contribution in [2.75, 3.05) is 23.9 Å². The van der Waals surface area contributed by atoms with E-state index in [0.29, 0.717) is 12.3 Å². The molecule has 6 heteroatoms. The molecule has 0 aliphatic carbocycles. The highest BCUT2D eigenvalue weighted by Gasteiger charge is 2.35. The van der Waals surface area contributed by atoms with Gasteiger partial charge in [0.2, 0.25) is 11.8 Å². The highest BCUT2D eigenvalue weighted by molar-refractivity contribution is 14.1. The van der Waals surface area contributed by atoms with Crippen LogP contribution in [0.5, 0.6) is 5.75 Å². The maximum absolute atomic E-state index is 12.4. The normalized spacial score (nSPS) is 17.0. The Morgan fingerprint density at radius 1 is 1.25 bits per heavy atom. The van der Waals surface area contributed by atoms with E-state index in [9.17, 15) is 9.59 Å². The van der Waals surface area contributed by atoms with E-state index in [4.69, 9.17) is 4.74 Å². The number of hydrogen-bond acceptors (Lipinski definition) is 3. The van der Waals surface area contributed by atoms with Crippen molar-refractivity contribution in [1.29, 1.82) is 0 Å². The monoisotopic (exact) mass is 436 g/mol. The largest absolute Gasteiger partial charge is 0.497 e. The zero-order valence-electron chi connectivity index (χ0n) is 13.2. The molecular weight excluding hydrogens is 419 g/mol. The van der Waals surface area contributed by atoms with Gasteiger partial charge in [-0.15, -0.1) is 0 Å². The first kappa shape index (κ1) is 16.8. The molecule has 1 atom stereocenters. The van der Waals surface area contributed by atoms with Crippen LogP contribution < -0.4 is 15.0 Å². The first-order chi connectivity index (χ1) is 11.6. The van der Waals surface area contributed by atoms with Gasteiger partial charge < -0.3 is 15.0 Å². The van der Waals surface area contributed by atoms with Gasteiger partial charge in [-0.3, -0.25) is 9.59 Å². The van der Waals surface area contributed by atoms with Crippen LogP contribution in [0.3, 0.4) is 0 Å². The second-order valence-electron chi connectivity index (χ2n) is 5.60. The van der Waals surface area contributed by atoms with E-state index in [1.54, 1.807) is 18.1 Å². The van der Waals surface area contributed by atoms with Crippen molar-refractivity contribution in [2.45, 2.75) is 6.42 Å². The van der Waals surface area contributed by atoms with Crippen molar-refractivity contribution in [2.24, 2.45) is 5.92 Å². The molecule has 124 valence electrons. The molecule has 0 spiro atoms. The Morgan fingerprint density at radius 2 is 2.00 bits per heavy atom. The zero-order chi connectivity index (χ0) is 17.1. The Kier molecular flexibility index (Phi) is 5.03. The fourth-order valence-corrected chi connectivity index (χ4v) is 3.05. The third kappa shape index (κ3) is 3.69. The summed E-state index contributed by atoms with van der Waals surface area (Å²) >= 11 is 2.21. The van der Waals surface area contributed by atoms with Crippen LogP contribution in [-0.4, -0.2) is 25.5 Å². The number of carbonyl (C=O) groups excluding carboxylic acids is 2. The standard InChI is InChI=1S/C18H17IN2O3/c1-24-16-4-2-3-15(10-16)21-11-12(9-17(21)22)18(23)20-14-7-5-13(19)6-8-14/h2-8,10,12H,9,11H2,1H3,(H,20,23). The lowest BCUT2D eigenvalue weighted by Crippen LogP contribution is -2.28. The van der Waals surface area contributed by atoms with E-state index < -0.39 is 0 Å². The molecule has 24 heavy (non-hydrogen) atoms. The minimum absolute atomic E-state index is 0.0500. The number of anilines is 2. The molecule has 0 saturated carbocycles. The van der Waals surface area contributed by atoms with Gasteiger partial charge in [0.25, 0.3) is 0 Å². The van der Waals surface area contributed by atoms with Gasteiger partial charge in [0, 0.05) is 34.0 Å². The number of carbonyl (C=O) groups is 2. The van der Waals surface area contributed by atoms with Crippen molar-refractivity contribution in [3.8, 4) is 5.75 Å². The molecular formula is C18H17IN2O3. The van der Waals surface area contributed by atoms with Crippen molar-refractivity contribution in [3.05, 3.63) is 52.1 Å². The number of nitrogens with zero attached hydrogens (tertiary/aromatic N) is 1. The van der Waals surface area contributed by atoms with Gasteiger partial charge in [0.05, 0.1) is 13.0 Å². The molecule has 1 unspecified atom stereocenters. The molecule has 2 aromatic carbocycles. The molecule has 2 aromatic rings. The zero-order valence-corrected chi connectivity index (χ0v) is 15.3. The average molecular weight is 436 g/mol. The predicted molar refractivity (Wildman–Crippen MR) is 101 cm³/mol. The molecule has 1 heterocycles. The van der Waals surface area contributed by atoms with Crippen molar-refractivity contribution in [3.63, 3.8) is 0 Å². The lowest BCUT2D eigenvalue weighted by atomic mass is 10.1. The third-order valence-corrected chi connectivity index (χ3v) is 4.69. The van der Waals surface area contributed by atoms with Gasteiger partial charge in [-0.25, -0.2) is 0 Å². The summed E-state index contributed by atoms with van der Waals surface area (Å²) in [4.78, 5) is 26.4. The first-order valence-corrected chi connectivity index (χ1v) is 8.65. The summed E-state index contributed by atoms with van der Waals surface area (Å²) in [6, 6.07) is 14.9. The average Bonchev–Trinajstić information content (AvgIpc) is 2.99. The van der Waals surface area contributed by atoms with E-state index in [-0.39, 0.29) is 24.2 Å². The van der Waals surface area contributed by atoms with E-state index in [1.165, 1.54) is 0 Å². The third-order valence-electron chi connectivity index (χ3n) is 3.97. The van der Waals surface area contributed by atoms with Crippen LogP contribution in [0.1, 0.15) is 6.42 Å². The van der Waals surface area contributed by atoms with Crippen LogP contribution in [0.4, 0.5) is 11.4 Å². The highest BCUT2D eigenvalue weighted by atomic mass is 127. The Labute approximate surface area is 154 Å². The number of halogens is 1. The summed E-state index contributed by atoms with van der Waals surface area (Å²) in [5, 5.41) is 2.88. The van der Waals surface area contributed by atoms with E-state index in [1.807, 2.05) is 42.5 Å². The maximum atomic E-state index is 12.4. The maximum Gasteiger partial charge on any atom is 0.229 e.